The molecule has 1 aliphatic heterocycles. The van der Waals surface area contributed by atoms with E-state index in [4.69, 9.17) is 0 Å². The standard InChI is InChI=1S/C27H38N4O3S/c1-5-7-12-19(6-2)24(32)21-17-35-26(29-21)22-15-11-16-31(22)27(34)23(20-13-9-8-10-14-20)30-25(33)18(3)28-4/h5-7,12,17-18,20,22-23,28H,1,8-11,13-16H2,2-4H3,(H,30,33)/b12-7-,19-6+/t18-,22-,23?/m0/s1. The van der Waals surface area contributed by atoms with Crippen LogP contribution in [0.3, 0.4) is 0 Å². The van der Waals surface area contributed by atoms with Gasteiger partial charge in [-0.1, -0.05) is 50.1 Å². The van der Waals surface area contributed by atoms with E-state index in [1.165, 1.54) is 17.8 Å². The Kier molecular flexibility index (Phi) is 9.98. The molecule has 3 atom stereocenters. The lowest BCUT2D eigenvalue weighted by molar-refractivity contribution is -0.139. The summed E-state index contributed by atoms with van der Waals surface area (Å²) in [6, 6.07) is -1.07. The molecule has 1 aromatic heterocycles. The third kappa shape index (κ3) is 6.55. The van der Waals surface area contributed by atoms with Crippen molar-refractivity contribution in [3.8, 4) is 0 Å². The van der Waals surface area contributed by atoms with Crippen molar-refractivity contribution in [3.63, 3.8) is 0 Å². The minimum absolute atomic E-state index is 0.0258. The molecule has 2 N–H and O–H groups in total. The van der Waals surface area contributed by atoms with E-state index in [1.54, 1.807) is 43.7 Å². The van der Waals surface area contributed by atoms with Crippen LogP contribution >= 0.6 is 11.3 Å². The van der Waals surface area contributed by atoms with E-state index < -0.39 is 6.04 Å². The second-order valence-electron chi connectivity index (χ2n) is 9.32. The van der Waals surface area contributed by atoms with Gasteiger partial charge in [0.05, 0.1) is 12.1 Å². The van der Waals surface area contributed by atoms with Crippen molar-refractivity contribution in [2.45, 2.75) is 76.9 Å². The van der Waals surface area contributed by atoms with Crippen LogP contribution in [-0.4, -0.2) is 53.2 Å². The van der Waals surface area contributed by atoms with E-state index in [-0.39, 0.29) is 35.6 Å². The molecule has 35 heavy (non-hydrogen) atoms. The minimum atomic E-state index is -0.529. The fourth-order valence-electron chi connectivity index (χ4n) is 4.89. The van der Waals surface area contributed by atoms with Crippen LogP contribution < -0.4 is 10.6 Å². The van der Waals surface area contributed by atoms with Crippen LogP contribution in [0.2, 0.25) is 0 Å². The van der Waals surface area contributed by atoms with Gasteiger partial charge in [0.15, 0.2) is 0 Å². The normalized spacial score (nSPS) is 21.2. The third-order valence-corrected chi connectivity index (χ3v) is 8.02. The topological polar surface area (TPSA) is 91.4 Å². The molecule has 190 valence electrons. The van der Waals surface area contributed by atoms with Gasteiger partial charge in [-0.25, -0.2) is 4.98 Å². The summed E-state index contributed by atoms with van der Waals surface area (Å²) >= 11 is 1.42. The molecule has 1 saturated heterocycles. The van der Waals surface area contributed by atoms with Gasteiger partial charge in [0.1, 0.15) is 16.7 Å². The molecule has 0 aromatic carbocycles. The first-order valence-electron chi connectivity index (χ1n) is 12.6. The number of ketones is 1. The first kappa shape index (κ1) is 27.0. The number of Topliss-reactive ketones (excluding diaryl/α,β-unsaturated/α-hetero) is 1. The van der Waals surface area contributed by atoms with Gasteiger partial charge in [-0.05, 0) is 52.5 Å². The molecule has 1 aliphatic carbocycles. The zero-order chi connectivity index (χ0) is 25.4. The van der Waals surface area contributed by atoms with Gasteiger partial charge < -0.3 is 15.5 Å². The van der Waals surface area contributed by atoms with Gasteiger partial charge in [0, 0.05) is 17.5 Å². The number of carbonyl (C=O) groups is 3. The largest absolute Gasteiger partial charge is 0.343 e. The van der Waals surface area contributed by atoms with Crippen LogP contribution in [0.15, 0.2) is 41.8 Å². The Labute approximate surface area is 212 Å². The van der Waals surface area contributed by atoms with Gasteiger partial charge in [0.2, 0.25) is 17.6 Å². The Balaban J connectivity index is 1.81. The summed E-state index contributed by atoms with van der Waals surface area (Å²) < 4.78 is 0. The molecule has 2 amide bonds. The van der Waals surface area contributed by atoms with Crippen molar-refractivity contribution in [1.29, 1.82) is 0 Å². The quantitative estimate of drug-likeness (QED) is 0.284. The highest BCUT2D eigenvalue weighted by Crippen LogP contribution is 2.36. The predicted molar refractivity (Wildman–Crippen MR) is 140 cm³/mol. The highest BCUT2D eigenvalue weighted by molar-refractivity contribution is 7.10. The number of allylic oxidation sites excluding steroid dienone is 5. The van der Waals surface area contributed by atoms with Crippen LogP contribution in [0.4, 0.5) is 0 Å². The fraction of sp³-hybridized carbons (Fsp3) is 0.556. The van der Waals surface area contributed by atoms with E-state index in [0.29, 0.717) is 17.8 Å². The monoisotopic (exact) mass is 498 g/mol. The Morgan fingerprint density at radius 3 is 2.60 bits per heavy atom. The van der Waals surface area contributed by atoms with Gasteiger partial charge in [-0.3, -0.25) is 14.4 Å². The number of likely N-dealkylation sites (N-methyl/N-ethyl adjacent to an activating group) is 1. The summed E-state index contributed by atoms with van der Waals surface area (Å²) in [4.78, 5) is 46.0. The Morgan fingerprint density at radius 2 is 1.94 bits per heavy atom. The minimum Gasteiger partial charge on any atom is -0.343 e. The summed E-state index contributed by atoms with van der Waals surface area (Å²) in [5.41, 5.74) is 0.950. The van der Waals surface area contributed by atoms with Crippen molar-refractivity contribution in [2.75, 3.05) is 13.6 Å². The summed E-state index contributed by atoms with van der Waals surface area (Å²) in [7, 11) is 1.74. The maximum absolute atomic E-state index is 13.9. The van der Waals surface area contributed by atoms with E-state index in [9.17, 15) is 14.4 Å². The SMILES string of the molecule is C=C/C=C\C(=C/C)C(=O)c1csc([C@@H]2CCCN2C(=O)C(NC(=O)[C@H](C)NC)C2CCCCC2)n1. The van der Waals surface area contributed by atoms with Crippen molar-refractivity contribution in [1.82, 2.24) is 20.5 Å². The number of carbonyl (C=O) groups excluding carboxylic acids is 3. The maximum Gasteiger partial charge on any atom is 0.246 e. The van der Waals surface area contributed by atoms with Gasteiger partial charge in [-0.2, -0.15) is 0 Å². The van der Waals surface area contributed by atoms with Gasteiger partial charge >= 0.3 is 0 Å². The summed E-state index contributed by atoms with van der Waals surface area (Å²) in [6.07, 6.45) is 13.8. The summed E-state index contributed by atoms with van der Waals surface area (Å²) in [5, 5.41) is 8.58. The van der Waals surface area contributed by atoms with E-state index in [2.05, 4.69) is 22.2 Å². The molecule has 2 heterocycles. The van der Waals surface area contributed by atoms with Gasteiger partial charge in [-0.15, -0.1) is 11.3 Å². The zero-order valence-corrected chi connectivity index (χ0v) is 21.9. The number of nitrogens with zero attached hydrogens (tertiary/aromatic N) is 2. The molecule has 1 saturated carbocycles. The lowest BCUT2D eigenvalue weighted by atomic mass is 9.83. The number of likely N-dealkylation sites (tertiary alicyclic amines) is 1. The zero-order valence-electron chi connectivity index (χ0n) is 21.1. The molecule has 2 aliphatic rings. The molecule has 0 bridgehead atoms. The number of rotatable bonds is 10. The fourth-order valence-corrected chi connectivity index (χ4v) is 5.84. The molecule has 1 aromatic rings. The second kappa shape index (κ2) is 12.9. The van der Waals surface area contributed by atoms with Crippen LogP contribution in [0.1, 0.15) is 80.3 Å². The highest BCUT2D eigenvalue weighted by atomic mass is 32.1. The molecule has 3 rings (SSSR count). The number of amides is 2. The summed E-state index contributed by atoms with van der Waals surface area (Å²) in [5.74, 6) is -0.173. The van der Waals surface area contributed by atoms with E-state index in [0.717, 1.165) is 43.5 Å². The number of hydrogen-bond donors (Lipinski definition) is 2. The molecular weight excluding hydrogens is 460 g/mol. The van der Waals surface area contributed by atoms with Crippen molar-refractivity contribution in [2.24, 2.45) is 5.92 Å². The van der Waals surface area contributed by atoms with Gasteiger partial charge in [0.25, 0.3) is 0 Å². The first-order chi connectivity index (χ1) is 16.9. The average Bonchev–Trinajstić information content (AvgIpc) is 3.57. The van der Waals surface area contributed by atoms with Crippen molar-refractivity contribution >= 4 is 28.9 Å². The van der Waals surface area contributed by atoms with Crippen LogP contribution in [0.25, 0.3) is 0 Å². The lowest BCUT2D eigenvalue weighted by Gasteiger charge is -2.35. The molecular formula is C27H38N4O3S. The maximum atomic E-state index is 13.9. The smallest absolute Gasteiger partial charge is 0.246 e. The second-order valence-corrected chi connectivity index (χ2v) is 10.2. The van der Waals surface area contributed by atoms with Crippen molar-refractivity contribution in [3.05, 3.63) is 52.5 Å². The first-order valence-corrected chi connectivity index (χ1v) is 13.5. The number of nitrogens with one attached hydrogen (secondary N) is 2. The molecule has 0 radical (unpaired) electrons. The molecule has 0 spiro atoms. The van der Waals surface area contributed by atoms with Crippen LogP contribution in [0, 0.1) is 5.92 Å². The molecule has 8 heteroatoms. The highest BCUT2D eigenvalue weighted by Gasteiger charge is 2.40. The van der Waals surface area contributed by atoms with E-state index in [1.807, 2.05) is 11.8 Å². The lowest BCUT2D eigenvalue weighted by Crippen LogP contribution is -2.55. The van der Waals surface area contributed by atoms with Crippen molar-refractivity contribution < 1.29 is 14.4 Å². The molecule has 1 unspecified atom stereocenters. The Morgan fingerprint density at radius 1 is 1.20 bits per heavy atom. The van der Waals surface area contributed by atoms with Crippen LogP contribution in [-0.2, 0) is 9.59 Å². The average molecular weight is 499 g/mol. The number of aromatic nitrogens is 1. The number of thiazole rings is 1. The molecule has 7 nitrogen and oxygen atoms in total. The summed E-state index contributed by atoms with van der Waals surface area (Å²) in [6.45, 7) is 7.91. The third-order valence-electron chi connectivity index (χ3n) is 7.07. The Hall–Kier alpha value is -2.58. The van der Waals surface area contributed by atoms with E-state index >= 15 is 0 Å². The molecule has 2 fully saturated rings. The predicted octanol–water partition coefficient (Wildman–Crippen LogP) is 4.35. The number of hydrogen-bond acceptors (Lipinski definition) is 6. The Bertz CT molecular complexity index is 977. The van der Waals surface area contributed by atoms with Crippen LogP contribution in [0.5, 0.6) is 0 Å².